The van der Waals surface area contributed by atoms with Crippen molar-refractivity contribution in [1.29, 1.82) is 0 Å². The molecule has 1 heterocycles. The summed E-state index contributed by atoms with van der Waals surface area (Å²) < 4.78 is 23.3. The Labute approximate surface area is 73.3 Å². The minimum absolute atomic E-state index is 0.219. The highest BCUT2D eigenvalue weighted by Gasteiger charge is 2.47. The molecule has 60 valence electrons. The van der Waals surface area contributed by atoms with Crippen molar-refractivity contribution in [2.24, 2.45) is 0 Å². The molecule has 0 N–H and O–H groups in total. The monoisotopic (exact) mass is 224 g/mol. The molecule has 1 unspecified atom stereocenters. The minimum Gasteiger partial charge on any atom is -0.261 e. The summed E-state index contributed by atoms with van der Waals surface area (Å²) in [6.45, 7) is 0. The molecule has 1 fully saturated rings. The summed E-state index contributed by atoms with van der Waals surface area (Å²) in [5.41, 5.74) is 0. The van der Waals surface area contributed by atoms with Crippen molar-refractivity contribution < 1.29 is 12.6 Å². The Morgan fingerprint density at radius 2 is 1.80 bits per heavy atom. The topological polar surface area (TPSA) is 43.4 Å². The average molecular weight is 225 g/mol. The van der Waals surface area contributed by atoms with Crippen molar-refractivity contribution in [3.8, 4) is 0 Å². The molecule has 1 aliphatic heterocycles. The van der Waals surface area contributed by atoms with Gasteiger partial charge < -0.3 is 0 Å². The fourth-order valence-electron chi connectivity index (χ4n) is 0.504. The Morgan fingerprint density at radius 3 is 1.90 bits per heavy atom. The van der Waals surface area contributed by atoms with Gasteiger partial charge in [-0.2, -0.15) is 8.42 Å². The SMILES string of the molecule is O=S1(=O)CC(C(Cl)(Cl)Cl)O1. The standard InChI is InChI=1S/C3H3Cl3O3S/c4-3(5,6)2-1-10(7,8)9-2/h2H,1H2. The number of alkyl halides is 3. The summed E-state index contributed by atoms with van der Waals surface area (Å²) in [6.07, 6.45) is -0.817. The Morgan fingerprint density at radius 1 is 1.40 bits per heavy atom. The number of halogens is 3. The van der Waals surface area contributed by atoms with Crippen molar-refractivity contribution in [2.75, 3.05) is 5.75 Å². The first-order chi connectivity index (χ1) is 4.31. The summed E-state index contributed by atoms with van der Waals surface area (Å²) in [7, 11) is -3.37. The van der Waals surface area contributed by atoms with E-state index in [1.54, 1.807) is 0 Å². The largest absolute Gasteiger partial charge is 0.270 e. The molecule has 3 nitrogen and oxygen atoms in total. The molecule has 0 aromatic heterocycles. The van der Waals surface area contributed by atoms with E-state index in [4.69, 9.17) is 34.8 Å². The summed E-state index contributed by atoms with van der Waals surface area (Å²) >= 11 is 15.9. The number of rotatable bonds is 0. The van der Waals surface area contributed by atoms with Crippen LogP contribution in [0.3, 0.4) is 0 Å². The lowest BCUT2D eigenvalue weighted by Gasteiger charge is -2.30. The van der Waals surface area contributed by atoms with E-state index in [0.717, 1.165) is 0 Å². The van der Waals surface area contributed by atoms with Crippen LogP contribution in [0.5, 0.6) is 0 Å². The van der Waals surface area contributed by atoms with E-state index in [0.29, 0.717) is 0 Å². The molecule has 0 amide bonds. The highest BCUT2D eigenvalue weighted by Crippen LogP contribution is 2.38. The van der Waals surface area contributed by atoms with E-state index < -0.39 is 20.0 Å². The van der Waals surface area contributed by atoms with E-state index in [2.05, 4.69) is 4.18 Å². The zero-order valence-electron chi connectivity index (χ0n) is 4.55. The van der Waals surface area contributed by atoms with Gasteiger partial charge >= 0.3 is 0 Å². The van der Waals surface area contributed by atoms with Gasteiger partial charge in [0, 0.05) is 0 Å². The second-order valence-electron chi connectivity index (χ2n) is 1.85. The van der Waals surface area contributed by atoms with Crippen LogP contribution >= 0.6 is 34.8 Å². The number of hydrogen-bond acceptors (Lipinski definition) is 3. The Bertz CT molecular complexity index is 216. The first kappa shape index (κ1) is 8.87. The molecule has 1 aliphatic rings. The van der Waals surface area contributed by atoms with Crippen LogP contribution in [0.15, 0.2) is 0 Å². The fraction of sp³-hybridized carbons (Fsp3) is 1.00. The van der Waals surface area contributed by atoms with Gasteiger partial charge in [0.1, 0.15) is 11.9 Å². The molecular formula is C3H3Cl3O3S. The molecule has 0 aliphatic carbocycles. The quantitative estimate of drug-likeness (QED) is 0.458. The van der Waals surface area contributed by atoms with E-state index in [1.165, 1.54) is 0 Å². The smallest absolute Gasteiger partial charge is 0.261 e. The van der Waals surface area contributed by atoms with Crippen molar-refractivity contribution in [2.45, 2.75) is 9.90 Å². The lowest BCUT2D eigenvalue weighted by atomic mass is 10.5. The average Bonchev–Trinajstić information content (AvgIpc) is 1.56. The summed E-state index contributed by atoms with van der Waals surface area (Å²) in [5, 5.41) is 0. The zero-order chi connectivity index (χ0) is 7.99. The van der Waals surface area contributed by atoms with Gasteiger partial charge in [-0.05, 0) is 0 Å². The molecule has 1 atom stereocenters. The van der Waals surface area contributed by atoms with Crippen LogP contribution in [0, 0.1) is 0 Å². The van der Waals surface area contributed by atoms with Crippen LogP contribution in [0.4, 0.5) is 0 Å². The minimum atomic E-state index is -3.37. The van der Waals surface area contributed by atoms with Gasteiger partial charge in [-0.15, -0.1) is 0 Å². The van der Waals surface area contributed by atoms with Gasteiger partial charge in [-0.25, -0.2) is 0 Å². The maximum absolute atomic E-state index is 10.3. The summed E-state index contributed by atoms with van der Waals surface area (Å²) in [6, 6.07) is 0. The fourth-order valence-corrected chi connectivity index (χ4v) is 2.40. The van der Waals surface area contributed by atoms with Gasteiger partial charge in [0.25, 0.3) is 10.1 Å². The van der Waals surface area contributed by atoms with Crippen LogP contribution in [-0.4, -0.2) is 24.1 Å². The third-order valence-electron chi connectivity index (χ3n) is 0.983. The Hall–Kier alpha value is 0.780. The zero-order valence-corrected chi connectivity index (χ0v) is 7.64. The maximum atomic E-state index is 10.3. The van der Waals surface area contributed by atoms with E-state index in [-0.39, 0.29) is 5.75 Å². The van der Waals surface area contributed by atoms with Crippen molar-refractivity contribution in [3.05, 3.63) is 0 Å². The van der Waals surface area contributed by atoms with Gasteiger partial charge in [0.15, 0.2) is 0 Å². The molecule has 0 saturated carbocycles. The second-order valence-corrected chi connectivity index (χ2v) is 5.86. The van der Waals surface area contributed by atoms with E-state index >= 15 is 0 Å². The predicted molar refractivity (Wildman–Crippen MR) is 38.9 cm³/mol. The Balaban J connectivity index is 2.56. The van der Waals surface area contributed by atoms with Crippen LogP contribution in [0.25, 0.3) is 0 Å². The number of hydrogen-bond donors (Lipinski definition) is 0. The van der Waals surface area contributed by atoms with Gasteiger partial charge in [-0.3, -0.25) is 4.18 Å². The summed E-state index contributed by atoms with van der Waals surface area (Å²) in [5.74, 6) is -0.219. The molecule has 0 radical (unpaired) electrons. The highest BCUT2D eigenvalue weighted by atomic mass is 35.6. The van der Waals surface area contributed by atoms with Crippen molar-refractivity contribution in [1.82, 2.24) is 0 Å². The molecule has 1 saturated heterocycles. The third-order valence-corrected chi connectivity index (χ3v) is 2.95. The van der Waals surface area contributed by atoms with Crippen LogP contribution < -0.4 is 0 Å². The predicted octanol–water partition coefficient (Wildman–Crippen LogP) is 1.09. The first-order valence-corrected chi connectivity index (χ1v) is 5.00. The lowest BCUT2D eigenvalue weighted by Crippen LogP contribution is -2.47. The second kappa shape index (κ2) is 2.38. The van der Waals surface area contributed by atoms with Crippen LogP contribution in [-0.2, 0) is 14.3 Å². The third kappa shape index (κ3) is 1.89. The molecule has 0 bridgehead atoms. The Kier molecular flexibility index (Phi) is 2.12. The molecule has 10 heavy (non-hydrogen) atoms. The van der Waals surface area contributed by atoms with Gasteiger partial charge in [0.05, 0.1) is 0 Å². The van der Waals surface area contributed by atoms with E-state index in [9.17, 15) is 8.42 Å². The summed E-state index contributed by atoms with van der Waals surface area (Å²) in [4.78, 5) is 0. The van der Waals surface area contributed by atoms with Crippen molar-refractivity contribution >= 4 is 44.9 Å². The molecule has 0 spiro atoms. The normalized spacial score (nSPS) is 31.3. The first-order valence-electron chi connectivity index (χ1n) is 2.29. The van der Waals surface area contributed by atoms with Gasteiger partial charge in [-0.1, -0.05) is 34.8 Å². The lowest BCUT2D eigenvalue weighted by molar-refractivity contribution is 0.183. The molecule has 7 heteroatoms. The molecular weight excluding hydrogens is 222 g/mol. The molecule has 1 rings (SSSR count). The maximum Gasteiger partial charge on any atom is 0.270 e. The van der Waals surface area contributed by atoms with Crippen LogP contribution in [0.2, 0.25) is 0 Å². The van der Waals surface area contributed by atoms with Gasteiger partial charge in [0.2, 0.25) is 3.79 Å². The molecule has 0 aromatic rings. The highest BCUT2D eigenvalue weighted by molar-refractivity contribution is 7.87. The van der Waals surface area contributed by atoms with Crippen LogP contribution in [0.1, 0.15) is 0 Å². The van der Waals surface area contributed by atoms with Crippen molar-refractivity contribution in [3.63, 3.8) is 0 Å². The van der Waals surface area contributed by atoms with E-state index in [1.807, 2.05) is 0 Å². The molecule has 0 aromatic carbocycles.